The van der Waals surface area contributed by atoms with Crippen LogP contribution < -0.4 is 4.90 Å². The van der Waals surface area contributed by atoms with Crippen LogP contribution in [0.4, 0.5) is 5.69 Å². The molecule has 0 saturated heterocycles. The standard InChI is InChI=1S/C18H22N2/c1-19(2)18-9-7-15(8-10-18)13-20-12-11-16-5-3-4-6-17(16)14-20/h3-10H,11-14H2,1-2H3. The third-order valence-corrected chi connectivity index (χ3v) is 4.07. The molecule has 0 aliphatic carbocycles. The number of anilines is 1. The lowest BCUT2D eigenvalue weighted by Gasteiger charge is -2.28. The van der Waals surface area contributed by atoms with Gasteiger partial charge in [-0.1, -0.05) is 36.4 Å². The lowest BCUT2D eigenvalue weighted by Crippen LogP contribution is -2.29. The molecule has 0 amide bonds. The molecule has 0 aromatic heterocycles. The Kier molecular flexibility index (Phi) is 3.75. The Morgan fingerprint density at radius 3 is 2.35 bits per heavy atom. The van der Waals surface area contributed by atoms with Gasteiger partial charge in [-0.05, 0) is 35.2 Å². The average molecular weight is 266 g/mol. The van der Waals surface area contributed by atoms with E-state index in [9.17, 15) is 0 Å². The molecule has 1 heterocycles. The molecule has 0 bridgehead atoms. The van der Waals surface area contributed by atoms with Crippen LogP contribution in [0.25, 0.3) is 0 Å². The second-order valence-electron chi connectivity index (χ2n) is 5.79. The average Bonchev–Trinajstić information content (AvgIpc) is 2.48. The largest absolute Gasteiger partial charge is 0.378 e. The second kappa shape index (κ2) is 5.68. The molecule has 2 nitrogen and oxygen atoms in total. The first-order valence-corrected chi connectivity index (χ1v) is 7.28. The molecule has 0 spiro atoms. The van der Waals surface area contributed by atoms with Crippen LogP contribution in [0.5, 0.6) is 0 Å². The molecular formula is C18H22N2. The Labute approximate surface area is 121 Å². The predicted octanol–water partition coefficient (Wildman–Crippen LogP) is 3.31. The van der Waals surface area contributed by atoms with E-state index >= 15 is 0 Å². The van der Waals surface area contributed by atoms with Crippen molar-refractivity contribution in [2.24, 2.45) is 0 Å². The Balaban J connectivity index is 1.67. The summed E-state index contributed by atoms with van der Waals surface area (Å²) in [6, 6.07) is 17.7. The third kappa shape index (κ3) is 2.86. The quantitative estimate of drug-likeness (QED) is 0.841. The highest BCUT2D eigenvalue weighted by molar-refractivity contribution is 5.46. The molecule has 20 heavy (non-hydrogen) atoms. The Hall–Kier alpha value is -1.80. The highest BCUT2D eigenvalue weighted by Crippen LogP contribution is 2.21. The number of rotatable bonds is 3. The summed E-state index contributed by atoms with van der Waals surface area (Å²) >= 11 is 0. The molecule has 0 N–H and O–H groups in total. The topological polar surface area (TPSA) is 6.48 Å². The van der Waals surface area contributed by atoms with Crippen molar-refractivity contribution in [2.45, 2.75) is 19.5 Å². The van der Waals surface area contributed by atoms with E-state index in [0.717, 1.165) is 19.6 Å². The van der Waals surface area contributed by atoms with Gasteiger partial charge in [0.1, 0.15) is 0 Å². The fourth-order valence-electron chi connectivity index (χ4n) is 2.85. The monoisotopic (exact) mass is 266 g/mol. The smallest absolute Gasteiger partial charge is 0.0361 e. The van der Waals surface area contributed by atoms with Gasteiger partial charge < -0.3 is 4.90 Å². The molecule has 1 aliphatic rings. The maximum Gasteiger partial charge on any atom is 0.0361 e. The van der Waals surface area contributed by atoms with Crippen LogP contribution in [0, 0.1) is 0 Å². The van der Waals surface area contributed by atoms with Crippen molar-refractivity contribution in [2.75, 3.05) is 25.5 Å². The highest BCUT2D eigenvalue weighted by atomic mass is 15.1. The molecular weight excluding hydrogens is 244 g/mol. The first kappa shape index (κ1) is 13.2. The van der Waals surface area contributed by atoms with E-state index in [1.54, 1.807) is 0 Å². The van der Waals surface area contributed by atoms with Crippen molar-refractivity contribution >= 4 is 5.69 Å². The normalized spacial score (nSPS) is 14.9. The van der Waals surface area contributed by atoms with Crippen LogP contribution in [0.1, 0.15) is 16.7 Å². The summed E-state index contributed by atoms with van der Waals surface area (Å²) in [5, 5.41) is 0. The molecule has 0 atom stereocenters. The zero-order valence-corrected chi connectivity index (χ0v) is 12.3. The van der Waals surface area contributed by atoms with E-state index in [0.29, 0.717) is 0 Å². The van der Waals surface area contributed by atoms with Gasteiger partial charge in [-0.2, -0.15) is 0 Å². The van der Waals surface area contributed by atoms with Crippen LogP contribution >= 0.6 is 0 Å². The molecule has 1 aliphatic heterocycles. The van der Waals surface area contributed by atoms with E-state index in [-0.39, 0.29) is 0 Å². The summed E-state index contributed by atoms with van der Waals surface area (Å²) in [5.74, 6) is 0. The van der Waals surface area contributed by atoms with Crippen LogP contribution in [0.2, 0.25) is 0 Å². The minimum absolute atomic E-state index is 1.04. The van der Waals surface area contributed by atoms with Crippen molar-refractivity contribution in [1.29, 1.82) is 0 Å². The van der Waals surface area contributed by atoms with Crippen LogP contribution in [0.3, 0.4) is 0 Å². The van der Waals surface area contributed by atoms with Crippen molar-refractivity contribution in [3.8, 4) is 0 Å². The number of benzene rings is 2. The number of fused-ring (bicyclic) bond motifs is 1. The second-order valence-corrected chi connectivity index (χ2v) is 5.79. The molecule has 0 unspecified atom stereocenters. The summed E-state index contributed by atoms with van der Waals surface area (Å²) in [4.78, 5) is 4.67. The van der Waals surface area contributed by atoms with Gasteiger partial charge in [-0.25, -0.2) is 0 Å². The van der Waals surface area contributed by atoms with Gasteiger partial charge in [0.2, 0.25) is 0 Å². The molecule has 2 aromatic rings. The number of nitrogens with zero attached hydrogens (tertiary/aromatic N) is 2. The lowest BCUT2D eigenvalue weighted by molar-refractivity contribution is 0.245. The molecule has 104 valence electrons. The minimum Gasteiger partial charge on any atom is -0.378 e. The van der Waals surface area contributed by atoms with E-state index in [1.807, 2.05) is 0 Å². The molecule has 2 heteroatoms. The fourth-order valence-corrected chi connectivity index (χ4v) is 2.85. The van der Waals surface area contributed by atoms with E-state index < -0.39 is 0 Å². The van der Waals surface area contributed by atoms with Gasteiger partial charge in [-0.3, -0.25) is 4.90 Å². The Bertz CT molecular complexity index is 572. The maximum absolute atomic E-state index is 2.53. The maximum atomic E-state index is 2.53. The highest BCUT2D eigenvalue weighted by Gasteiger charge is 2.15. The van der Waals surface area contributed by atoms with Crippen LogP contribution in [-0.2, 0) is 19.5 Å². The van der Waals surface area contributed by atoms with Crippen molar-refractivity contribution in [3.63, 3.8) is 0 Å². The van der Waals surface area contributed by atoms with E-state index in [2.05, 4.69) is 72.4 Å². The summed E-state index contributed by atoms with van der Waals surface area (Å²) in [6.45, 7) is 3.28. The first-order chi connectivity index (χ1) is 9.72. The Morgan fingerprint density at radius 2 is 1.65 bits per heavy atom. The summed E-state index contributed by atoms with van der Waals surface area (Å²) in [6.07, 6.45) is 1.17. The summed E-state index contributed by atoms with van der Waals surface area (Å²) < 4.78 is 0. The molecule has 0 radical (unpaired) electrons. The zero-order valence-electron chi connectivity index (χ0n) is 12.3. The summed E-state index contributed by atoms with van der Waals surface area (Å²) in [7, 11) is 4.16. The fraction of sp³-hybridized carbons (Fsp3) is 0.333. The van der Waals surface area contributed by atoms with Crippen LogP contribution in [0.15, 0.2) is 48.5 Å². The van der Waals surface area contributed by atoms with E-state index in [1.165, 1.54) is 28.8 Å². The third-order valence-electron chi connectivity index (χ3n) is 4.07. The SMILES string of the molecule is CN(C)c1ccc(CN2CCc3ccccc3C2)cc1. The molecule has 0 fully saturated rings. The number of hydrogen-bond acceptors (Lipinski definition) is 2. The van der Waals surface area contributed by atoms with Gasteiger partial charge in [0.25, 0.3) is 0 Å². The van der Waals surface area contributed by atoms with Gasteiger partial charge in [0.15, 0.2) is 0 Å². The zero-order chi connectivity index (χ0) is 13.9. The van der Waals surface area contributed by atoms with Crippen molar-refractivity contribution in [3.05, 3.63) is 65.2 Å². The number of hydrogen-bond donors (Lipinski definition) is 0. The van der Waals surface area contributed by atoms with Crippen LogP contribution in [-0.4, -0.2) is 25.5 Å². The summed E-state index contributed by atoms with van der Waals surface area (Å²) in [5.41, 5.74) is 5.67. The molecule has 3 rings (SSSR count). The molecule has 2 aromatic carbocycles. The van der Waals surface area contributed by atoms with E-state index in [4.69, 9.17) is 0 Å². The lowest BCUT2D eigenvalue weighted by atomic mass is 9.99. The molecule has 0 saturated carbocycles. The van der Waals surface area contributed by atoms with Gasteiger partial charge in [-0.15, -0.1) is 0 Å². The Morgan fingerprint density at radius 1 is 0.950 bits per heavy atom. The van der Waals surface area contributed by atoms with Gasteiger partial charge in [0.05, 0.1) is 0 Å². The van der Waals surface area contributed by atoms with Gasteiger partial charge >= 0.3 is 0 Å². The van der Waals surface area contributed by atoms with Crippen molar-refractivity contribution < 1.29 is 0 Å². The minimum atomic E-state index is 1.04. The van der Waals surface area contributed by atoms with Crippen molar-refractivity contribution in [1.82, 2.24) is 4.90 Å². The van der Waals surface area contributed by atoms with Gasteiger partial charge in [0, 0.05) is 39.4 Å². The first-order valence-electron chi connectivity index (χ1n) is 7.28. The predicted molar refractivity (Wildman–Crippen MR) is 85.0 cm³/mol.